The van der Waals surface area contributed by atoms with Crippen molar-refractivity contribution in [1.29, 1.82) is 0 Å². The van der Waals surface area contributed by atoms with E-state index in [1.54, 1.807) is 44.1 Å². The predicted octanol–water partition coefficient (Wildman–Crippen LogP) is 3.56. The van der Waals surface area contributed by atoms with Crippen LogP contribution >= 0.6 is 12.2 Å². The van der Waals surface area contributed by atoms with E-state index in [9.17, 15) is 9.18 Å². The summed E-state index contributed by atoms with van der Waals surface area (Å²) in [5.74, 6) is -0.416. The standard InChI is InChI=1S/C21H21FN2O4S/c1-4-27-19(25)16-17-14-6-5-7-15(26-3)18(14)28-21(16,2)24(20(29)23-17)13-10-8-12(22)9-11-13/h5-11,16-17H,4H2,1-3H3,(H,23,29). The summed E-state index contributed by atoms with van der Waals surface area (Å²) >= 11 is 5.62. The Morgan fingerprint density at radius 1 is 1.31 bits per heavy atom. The van der Waals surface area contributed by atoms with E-state index in [-0.39, 0.29) is 12.4 Å². The zero-order valence-electron chi connectivity index (χ0n) is 16.3. The maximum Gasteiger partial charge on any atom is 0.317 e. The summed E-state index contributed by atoms with van der Waals surface area (Å²) in [6.07, 6.45) is 0. The lowest BCUT2D eigenvalue weighted by Gasteiger charge is -2.55. The average molecular weight is 416 g/mol. The molecule has 1 saturated heterocycles. The van der Waals surface area contributed by atoms with Crippen molar-refractivity contribution >= 4 is 29.0 Å². The Bertz CT molecular complexity index is 968. The van der Waals surface area contributed by atoms with Crippen molar-refractivity contribution in [3.05, 3.63) is 53.8 Å². The number of anilines is 1. The minimum atomic E-state index is -1.21. The molecular weight excluding hydrogens is 395 g/mol. The summed E-state index contributed by atoms with van der Waals surface area (Å²) in [6, 6.07) is 10.9. The molecule has 0 amide bonds. The topological polar surface area (TPSA) is 60.0 Å². The van der Waals surface area contributed by atoms with Crippen molar-refractivity contribution < 1.29 is 23.4 Å². The zero-order valence-corrected chi connectivity index (χ0v) is 17.1. The molecule has 2 aliphatic heterocycles. The maximum absolute atomic E-state index is 13.5. The summed E-state index contributed by atoms with van der Waals surface area (Å²) < 4.78 is 30.8. The van der Waals surface area contributed by atoms with E-state index in [4.69, 9.17) is 26.4 Å². The van der Waals surface area contributed by atoms with E-state index < -0.39 is 23.7 Å². The number of hydrogen-bond acceptors (Lipinski definition) is 5. The Balaban J connectivity index is 1.91. The molecule has 29 heavy (non-hydrogen) atoms. The number of methoxy groups -OCH3 is 1. The van der Waals surface area contributed by atoms with Crippen molar-refractivity contribution in [2.75, 3.05) is 18.6 Å². The van der Waals surface area contributed by atoms with Gasteiger partial charge in [0.2, 0.25) is 5.72 Å². The highest BCUT2D eigenvalue weighted by Gasteiger charge is 2.60. The highest BCUT2D eigenvalue weighted by Crippen LogP contribution is 2.52. The first-order valence-electron chi connectivity index (χ1n) is 9.29. The van der Waals surface area contributed by atoms with Crippen LogP contribution in [0.15, 0.2) is 42.5 Å². The third-order valence-corrected chi connectivity index (χ3v) is 5.64. The number of halogens is 1. The number of benzene rings is 2. The monoisotopic (exact) mass is 416 g/mol. The van der Waals surface area contributed by atoms with Gasteiger partial charge in [0.05, 0.1) is 19.8 Å². The van der Waals surface area contributed by atoms with E-state index in [2.05, 4.69) is 5.32 Å². The van der Waals surface area contributed by atoms with Gasteiger partial charge >= 0.3 is 5.97 Å². The normalized spacial score (nSPS) is 24.8. The number of esters is 1. The summed E-state index contributed by atoms with van der Waals surface area (Å²) in [7, 11) is 1.56. The fourth-order valence-corrected chi connectivity index (χ4v) is 4.52. The van der Waals surface area contributed by atoms with Crippen LogP contribution in [0.3, 0.4) is 0 Å². The molecule has 2 aromatic rings. The number of nitrogens with one attached hydrogen (secondary N) is 1. The Labute approximate surface area is 173 Å². The van der Waals surface area contributed by atoms with E-state index in [1.807, 2.05) is 12.1 Å². The Kier molecular flexibility index (Phi) is 4.82. The Morgan fingerprint density at radius 3 is 2.69 bits per heavy atom. The lowest BCUT2D eigenvalue weighted by molar-refractivity contribution is -0.159. The number of ether oxygens (including phenoxy) is 3. The first-order chi connectivity index (χ1) is 13.9. The lowest BCUT2D eigenvalue weighted by atomic mass is 9.79. The van der Waals surface area contributed by atoms with Crippen LogP contribution in [-0.2, 0) is 9.53 Å². The summed E-state index contributed by atoms with van der Waals surface area (Å²) in [5.41, 5.74) is 0.150. The SMILES string of the molecule is CCOC(=O)C1C2NC(=S)N(c3ccc(F)cc3)C1(C)Oc1c(OC)cccc12. The number of hydrogen-bond donors (Lipinski definition) is 1. The van der Waals surface area contributed by atoms with Gasteiger partial charge in [-0.05, 0) is 56.4 Å². The number of thiocarbonyl (C=S) groups is 1. The first kappa shape index (κ1) is 19.4. The lowest BCUT2D eigenvalue weighted by Crippen LogP contribution is -2.71. The van der Waals surface area contributed by atoms with E-state index in [0.717, 1.165) is 5.56 Å². The largest absolute Gasteiger partial charge is 0.493 e. The second kappa shape index (κ2) is 7.18. The van der Waals surface area contributed by atoms with Gasteiger partial charge in [0.15, 0.2) is 16.6 Å². The molecular formula is C21H21FN2O4S. The minimum Gasteiger partial charge on any atom is -0.493 e. The van der Waals surface area contributed by atoms with Crippen molar-refractivity contribution in [1.82, 2.24) is 5.32 Å². The zero-order chi connectivity index (χ0) is 20.8. The fourth-order valence-electron chi connectivity index (χ4n) is 4.10. The van der Waals surface area contributed by atoms with Crippen LogP contribution in [-0.4, -0.2) is 30.5 Å². The van der Waals surface area contributed by atoms with Gasteiger partial charge in [-0.1, -0.05) is 12.1 Å². The molecule has 3 atom stereocenters. The molecule has 0 aromatic heterocycles. The predicted molar refractivity (Wildman–Crippen MR) is 110 cm³/mol. The van der Waals surface area contributed by atoms with Gasteiger partial charge in [-0.2, -0.15) is 0 Å². The third kappa shape index (κ3) is 2.98. The van der Waals surface area contributed by atoms with Gasteiger partial charge in [-0.15, -0.1) is 0 Å². The van der Waals surface area contributed by atoms with E-state index in [0.29, 0.717) is 22.3 Å². The number of carbonyl (C=O) groups excluding carboxylic acids is 1. The van der Waals surface area contributed by atoms with Crippen molar-refractivity contribution in [3.63, 3.8) is 0 Å². The Morgan fingerprint density at radius 2 is 2.03 bits per heavy atom. The maximum atomic E-state index is 13.5. The van der Waals surface area contributed by atoms with Gasteiger partial charge in [0, 0.05) is 11.3 Å². The van der Waals surface area contributed by atoms with Crippen molar-refractivity contribution in [3.8, 4) is 11.5 Å². The summed E-state index contributed by atoms with van der Waals surface area (Å²) in [4.78, 5) is 14.7. The second-order valence-corrected chi connectivity index (χ2v) is 7.39. The van der Waals surface area contributed by atoms with Crippen LogP contribution in [0.4, 0.5) is 10.1 Å². The number of nitrogens with zero attached hydrogens (tertiary/aromatic N) is 1. The van der Waals surface area contributed by atoms with Crippen LogP contribution < -0.4 is 19.7 Å². The quantitative estimate of drug-likeness (QED) is 0.604. The van der Waals surface area contributed by atoms with Gasteiger partial charge in [-0.25, -0.2) is 4.39 Å². The highest BCUT2D eigenvalue weighted by atomic mass is 32.1. The minimum absolute atomic E-state index is 0.240. The molecule has 0 radical (unpaired) electrons. The van der Waals surface area contributed by atoms with Crippen molar-refractivity contribution in [2.24, 2.45) is 5.92 Å². The Hall–Kier alpha value is -2.87. The molecule has 6 nitrogen and oxygen atoms in total. The number of carbonyl (C=O) groups is 1. The number of para-hydroxylation sites is 1. The van der Waals surface area contributed by atoms with Gasteiger partial charge < -0.3 is 19.5 Å². The van der Waals surface area contributed by atoms with Crippen LogP contribution in [0.5, 0.6) is 11.5 Å². The summed E-state index contributed by atoms with van der Waals surface area (Å²) in [5, 5.41) is 3.63. The van der Waals surface area contributed by atoms with Crippen LogP contribution in [0, 0.1) is 11.7 Å². The van der Waals surface area contributed by atoms with Crippen LogP contribution in [0.25, 0.3) is 0 Å². The molecule has 4 rings (SSSR count). The fraction of sp³-hybridized carbons (Fsp3) is 0.333. The average Bonchev–Trinajstić information content (AvgIpc) is 2.68. The molecule has 152 valence electrons. The van der Waals surface area contributed by atoms with Crippen molar-refractivity contribution in [2.45, 2.75) is 25.6 Å². The van der Waals surface area contributed by atoms with Crippen LogP contribution in [0.2, 0.25) is 0 Å². The molecule has 0 spiro atoms. The second-order valence-electron chi connectivity index (χ2n) is 7.00. The van der Waals surface area contributed by atoms with Gasteiger partial charge in [0.25, 0.3) is 0 Å². The molecule has 2 aliphatic rings. The first-order valence-corrected chi connectivity index (χ1v) is 9.70. The van der Waals surface area contributed by atoms with Gasteiger partial charge in [-0.3, -0.25) is 9.69 Å². The molecule has 2 heterocycles. The number of fused-ring (bicyclic) bond motifs is 4. The molecule has 0 saturated carbocycles. The third-order valence-electron chi connectivity index (χ3n) is 5.33. The molecule has 1 fully saturated rings. The molecule has 8 heteroatoms. The van der Waals surface area contributed by atoms with Gasteiger partial charge in [0.1, 0.15) is 11.7 Å². The molecule has 2 bridgehead atoms. The molecule has 3 unspecified atom stereocenters. The summed E-state index contributed by atoms with van der Waals surface area (Å²) in [6.45, 7) is 3.78. The smallest absolute Gasteiger partial charge is 0.317 e. The van der Waals surface area contributed by atoms with E-state index in [1.165, 1.54) is 12.1 Å². The molecule has 2 aromatic carbocycles. The molecule has 0 aliphatic carbocycles. The van der Waals surface area contributed by atoms with Crippen LogP contribution in [0.1, 0.15) is 25.5 Å². The number of rotatable bonds is 4. The highest BCUT2D eigenvalue weighted by molar-refractivity contribution is 7.80. The van der Waals surface area contributed by atoms with E-state index >= 15 is 0 Å². The molecule has 1 N–H and O–H groups in total.